The molecular weight excluding hydrogens is 312 g/mol. The number of aromatic nitrogens is 1. The molecule has 4 rings (SSSR count). The maximum absolute atomic E-state index is 6.27. The summed E-state index contributed by atoms with van der Waals surface area (Å²) in [5.41, 5.74) is 12.6. The SMILES string of the molecule is NC1CCc2c(-c3ccccc3)[nH]c3c(Br)ccc1c23. The van der Waals surface area contributed by atoms with E-state index in [9.17, 15) is 0 Å². The number of hydrogen-bond donors (Lipinski definition) is 2. The van der Waals surface area contributed by atoms with Crippen LogP contribution in [0.3, 0.4) is 0 Å². The summed E-state index contributed by atoms with van der Waals surface area (Å²) in [4.78, 5) is 3.60. The molecular formula is C17H15BrN2. The standard InChI is InChI=1S/C17H15BrN2/c18-13-8-6-11-14(19)9-7-12-15(11)17(13)20-16(12)10-4-2-1-3-5-10/h1-6,8,14,20H,7,9,19H2. The average molecular weight is 327 g/mol. The van der Waals surface area contributed by atoms with Gasteiger partial charge in [-0.15, -0.1) is 0 Å². The van der Waals surface area contributed by atoms with E-state index in [0.29, 0.717) is 0 Å². The summed E-state index contributed by atoms with van der Waals surface area (Å²) in [6, 6.07) is 14.9. The van der Waals surface area contributed by atoms with Gasteiger partial charge in [-0.2, -0.15) is 0 Å². The summed E-state index contributed by atoms with van der Waals surface area (Å²) in [6.07, 6.45) is 2.05. The van der Waals surface area contributed by atoms with E-state index in [-0.39, 0.29) is 6.04 Å². The van der Waals surface area contributed by atoms with E-state index in [2.05, 4.69) is 63.4 Å². The minimum atomic E-state index is 0.150. The van der Waals surface area contributed by atoms with Crippen LogP contribution in [0.1, 0.15) is 23.6 Å². The van der Waals surface area contributed by atoms with Crippen molar-refractivity contribution in [3.63, 3.8) is 0 Å². The monoisotopic (exact) mass is 326 g/mol. The molecule has 0 amide bonds. The molecule has 0 radical (unpaired) electrons. The van der Waals surface area contributed by atoms with Crippen molar-refractivity contribution in [1.29, 1.82) is 0 Å². The second-order valence-corrected chi connectivity index (χ2v) is 6.23. The van der Waals surface area contributed by atoms with Crippen molar-refractivity contribution in [2.75, 3.05) is 0 Å². The Labute approximate surface area is 126 Å². The molecule has 1 unspecified atom stereocenters. The lowest BCUT2D eigenvalue weighted by molar-refractivity contribution is 0.644. The molecule has 1 aliphatic carbocycles. The maximum atomic E-state index is 6.27. The van der Waals surface area contributed by atoms with Crippen LogP contribution in [0.2, 0.25) is 0 Å². The molecule has 0 aliphatic heterocycles. The van der Waals surface area contributed by atoms with Crippen molar-refractivity contribution in [1.82, 2.24) is 4.98 Å². The Morgan fingerprint density at radius 3 is 2.70 bits per heavy atom. The molecule has 1 heterocycles. The van der Waals surface area contributed by atoms with E-state index in [1.165, 1.54) is 33.3 Å². The number of aryl methyl sites for hydroxylation is 1. The number of halogens is 1. The zero-order valence-electron chi connectivity index (χ0n) is 11.0. The predicted molar refractivity (Wildman–Crippen MR) is 86.7 cm³/mol. The quantitative estimate of drug-likeness (QED) is 0.677. The molecule has 1 atom stereocenters. The minimum Gasteiger partial charge on any atom is -0.353 e. The van der Waals surface area contributed by atoms with E-state index in [1.54, 1.807) is 0 Å². The first kappa shape index (κ1) is 12.2. The normalized spacial score (nSPS) is 17.6. The maximum Gasteiger partial charge on any atom is 0.0609 e. The van der Waals surface area contributed by atoms with Crippen LogP contribution >= 0.6 is 15.9 Å². The van der Waals surface area contributed by atoms with Crippen molar-refractivity contribution < 1.29 is 0 Å². The first-order chi connectivity index (χ1) is 9.75. The lowest BCUT2D eigenvalue weighted by Gasteiger charge is -2.20. The molecule has 0 saturated carbocycles. The lowest BCUT2D eigenvalue weighted by atomic mass is 9.87. The Kier molecular flexibility index (Phi) is 2.72. The van der Waals surface area contributed by atoms with Gasteiger partial charge in [0.25, 0.3) is 0 Å². The highest BCUT2D eigenvalue weighted by atomic mass is 79.9. The van der Waals surface area contributed by atoms with E-state index in [1.807, 2.05) is 0 Å². The molecule has 0 spiro atoms. The van der Waals surface area contributed by atoms with Crippen molar-refractivity contribution >= 4 is 26.8 Å². The molecule has 0 bridgehead atoms. The zero-order chi connectivity index (χ0) is 13.7. The topological polar surface area (TPSA) is 41.8 Å². The predicted octanol–water partition coefficient (Wildman–Crippen LogP) is 4.54. The smallest absolute Gasteiger partial charge is 0.0609 e. The average Bonchev–Trinajstić information content (AvgIpc) is 2.87. The van der Waals surface area contributed by atoms with Crippen molar-refractivity contribution in [3.8, 4) is 11.3 Å². The van der Waals surface area contributed by atoms with Crippen molar-refractivity contribution in [3.05, 3.63) is 58.1 Å². The molecule has 100 valence electrons. The van der Waals surface area contributed by atoms with Crippen LogP contribution in [0.15, 0.2) is 46.9 Å². The molecule has 3 aromatic rings. The van der Waals surface area contributed by atoms with Crippen molar-refractivity contribution in [2.45, 2.75) is 18.9 Å². The second kappa shape index (κ2) is 4.47. The van der Waals surface area contributed by atoms with Crippen LogP contribution in [0.25, 0.3) is 22.2 Å². The summed E-state index contributed by atoms with van der Waals surface area (Å²) < 4.78 is 1.11. The summed E-state index contributed by atoms with van der Waals surface area (Å²) in [5.74, 6) is 0. The van der Waals surface area contributed by atoms with Gasteiger partial charge < -0.3 is 10.7 Å². The third-order valence-electron chi connectivity index (χ3n) is 4.21. The highest BCUT2D eigenvalue weighted by Crippen LogP contribution is 2.42. The van der Waals surface area contributed by atoms with Crippen molar-refractivity contribution in [2.24, 2.45) is 5.73 Å². The third kappa shape index (κ3) is 1.67. The van der Waals surface area contributed by atoms with Gasteiger partial charge in [0.1, 0.15) is 0 Å². The van der Waals surface area contributed by atoms with Gasteiger partial charge in [-0.3, -0.25) is 0 Å². The van der Waals surface area contributed by atoms with E-state index >= 15 is 0 Å². The molecule has 0 fully saturated rings. The summed E-state index contributed by atoms with van der Waals surface area (Å²) in [5, 5.41) is 1.32. The van der Waals surface area contributed by atoms with Gasteiger partial charge >= 0.3 is 0 Å². The van der Waals surface area contributed by atoms with Gasteiger partial charge in [0.05, 0.1) is 5.52 Å². The number of benzene rings is 2. The fourth-order valence-corrected chi connectivity index (χ4v) is 3.66. The molecule has 3 heteroatoms. The lowest BCUT2D eigenvalue weighted by Crippen LogP contribution is -2.15. The van der Waals surface area contributed by atoms with Gasteiger partial charge in [-0.25, -0.2) is 0 Å². The van der Waals surface area contributed by atoms with Crippen LogP contribution in [0, 0.1) is 0 Å². The molecule has 20 heavy (non-hydrogen) atoms. The van der Waals surface area contributed by atoms with Crippen LogP contribution in [-0.2, 0) is 6.42 Å². The fraction of sp³-hybridized carbons (Fsp3) is 0.176. The van der Waals surface area contributed by atoms with E-state index < -0.39 is 0 Å². The first-order valence-electron chi connectivity index (χ1n) is 6.89. The Morgan fingerprint density at radius 1 is 1.10 bits per heavy atom. The number of aromatic amines is 1. The highest BCUT2D eigenvalue weighted by Gasteiger charge is 2.24. The highest BCUT2D eigenvalue weighted by molar-refractivity contribution is 9.10. The van der Waals surface area contributed by atoms with Crippen LogP contribution in [0.5, 0.6) is 0 Å². The fourth-order valence-electron chi connectivity index (χ4n) is 3.23. The molecule has 0 saturated heterocycles. The molecule has 1 aromatic heterocycles. The first-order valence-corrected chi connectivity index (χ1v) is 7.69. The molecule has 2 aromatic carbocycles. The Bertz CT molecular complexity index is 790. The van der Waals surface area contributed by atoms with Gasteiger partial charge in [0.15, 0.2) is 0 Å². The van der Waals surface area contributed by atoms with Gasteiger partial charge in [0.2, 0.25) is 0 Å². The number of rotatable bonds is 1. The molecule has 3 N–H and O–H groups in total. The Balaban J connectivity index is 2.09. The Hall–Kier alpha value is -1.58. The Morgan fingerprint density at radius 2 is 1.90 bits per heavy atom. The summed E-state index contributed by atoms with van der Waals surface area (Å²) >= 11 is 3.65. The van der Waals surface area contributed by atoms with E-state index in [4.69, 9.17) is 5.73 Å². The largest absolute Gasteiger partial charge is 0.353 e. The number of nitrogens with two attached hydrogens (primary N) is 1. The molecule has 2 nitrogen and oxygen atoms in total. The number of H-pyrrole nitrogens is 1. The summed E-state index contributed by atoms with van der Waals surface area (Å²) in [7, 11) is 0. The van der Waals surface area contributed by atoms with E-state index in [0.717, 1.165) is 17.3 Å². The van der Waals surface area contributed by atoms with Crippen LogP contribution in [-0.4, -0.2) is 4.98 Å². The summed E-state index contributed by atoms with van der Waals surface area (Å²) in [6.45, 7) is 0. The van der Waals surface area contributed by atoms with Gasteiger partial charge in [-0.05, 0) is 51.5 Å². The third-order valence-corrected chi connectivity index (χ3v) is 4.87. The van der Waals surface area contributed by atoms with Crippen LogP contribution in [0.4, 0.5) is 0 Å². The number of hydrogen-bond acceptors (Lipinski definition) is 1. The minimum absolute atomic E-state index is 0.150. The van der Waals surface area contributed by atoms with Gasteiger partial charge in [-0.1, -0.05) is 36.4 Å². The van der Waals surface area contributed by atoms with Gasteiger partial charge in [0, 0.05) is 21.6 Å². The second-order valence-electron chi connectivity index (χ2n) is 5.38. The zero-order valence-corrected chi connectivity index (χ0v) is 12.6. The van der Waals surface area contributed by atoms with Crippen LogP contribution < -0.4 is 5.73 Å². The number of nitrogens with one attached hydrogen (secondary N) is 1. The molecule has 1 aliphatic rings.